The van der Waals surface area contributed by atoms with Crippen LogP contribution in [0, 0.1) is 23.2 Å². The monoisotopic (exact) mass is 541 g/mol. The normalized spacial score (nSPS) is 15.1. The molecule has 15 heteroatoms. The average molecular weight is 542 g/mol. The summed E-state index contributed by atoms with van der Waals surface area (Å²) in [7, 11) is -2.84. The number of ether oxygens (including phenoxy) is 4. The number of hydrogen-bond acceptors (Lipinski definition) is 11. The summed E-state index contributed by atoms with van der Waals surface area (Å²) >= 11 is 0. The Morgan fingerprint density at radius 3 is 1.61 bits per heavy atom. The van der Waals surface area contributed by atoms with Crippen LogP contribution in [0.2, 0.25) is 0 Å². The topological polar surface area (TPSA) is 183 Å². The van der Waals surface area contributed by atoms with E-state index in [0.29, 0.717) is 0 Å². The molecule has 0 fully saturated rings. The van der Waals surface area contributed by atoms with Gasteiger partial charge in [0.05, 0.1) is 39.6 Å². The van der Waals surface area contributed by atoms with E-state index in [9.17, 15) is 24.1 Å². The third-order valence-corrected chi connectivity index (χ3v) is 5.91. The van der Waals surface area contributed by atoms with Gasteiger partial charge in [-0.25, -0.2) is 18.9 Å². The molecule has 0 aromatic carbocycles. The minimum absolute atomic E-state index is 0.0889. The zero-order valence-electron chi connectivity index (χ0n) is 22.0. The molecule has 0 heterocycles. The molecule has 36 heavy (non-hydrogen) atoms. The highest BCUT2D eigenvalue weighted by Gasteiger charge is 2.34. The number of carbonyl (C=O) groups excluding carboxylic acids is 2. The predicted molar refractivity (Wildman–Crippen MR) is 129 cm³/mol. The number of nitrogens with one attached hydrogen (secondary N) is 2. The molecule has 0 bridgehead atoms. The molecule has 0 saturated carbocycles. The Kier molecular flexibility index (Phi) is 15.8. The standard InChI is InChI=1S/C21H40N3O11P/c1-8-30-20(27)32-10-15(5)12-34-36(29,35-13-16(6)11-33-21(28)31-9-2)23-19(22)24(7)17(14(3)4)18(25)26/h14-17H,8-13H2,1-7H3,(H,25,26)(H2,22,23,29). The number of aliphatic carboxylic acids is 1. The van der Waals surface area contributed by atoms with E-state index in [1.165, 1.54) is 7.05 Å². The molecule has 0 radical (unpaired) electrons. The number of carbonyl (C=O) groups is 3. The Morgan fingerprint density at radius 2 is 1.28 bits per heavy atom. The Labute approximate surface area is 212 Å². The highest BCUT2D eigenvalue weighted by Crippen LogP contribution is 2.44. The molecular weight excluding hydrogens is 501 g/mol. The van der Waals surface area contributed by atoms with Crippen molar-refractivity contribution < 1.29 is 52.1 Å². The van der Waals surface area contributed by atoms with Crippen molar-refractivity contribution in [3.8, 4) is 0 Å². The van der Waals surface area contributed by atoms with Gasteiger partial charge in [-0.05, 0) is 19.8 Å². The number of likely N-dealkylation sites (N-methyl/N-ethyl adjacent to an activating group) is 1. The van der Waals surface area contributed by atoms with Crippen molar-refractivity contribution in [2.24, 2.45) is 17.8 Å². The van der Waals surface area contributed by atoms with Crippen LogP contribution in [0.3, 0.4) is 0 Å². The highest BCUT2D eigenvalue weighted by atomic mass is 31.2. The molecule has 0 aliphatic heterocycles. The molecule has 3 N–H and O–H groups in total. The average Bonchev–Trinajstić information content (AvgIpc) is 2.78. The Bertz CT molecular complexity index is 729. The van der Waals surface area contributed by atoms with Gasteiger partial charge in [0, 0.05) is 18.9 Å². The molecule has 0 rings (SSSR count). The molecule has 0 amide bonds. The fourth-order valence-corrected chi connectivity index (χ4v) is 4.16. The molecule has 0 aromatic heterocycles. The van der Waals surface area contributed by atoms with Crippen LogP contribution in [0.25, 0.3) is 0 Å². The lowest BCUT2D eigenvalue weighted by molar-refractivity contribution is -0.142. The summed E-state index contributed by atoms with van der Waals surface area (Å²) in [6.07, 6.45) is -1.71. The van der Waals surface area contributed by atoms with Gasteiger partial charge in [0.2, 0.25) is 5.96 Å². The third kappa shape index (κ3) is 13.5. The Balaban J connectivity index is 5.30. The number of hydrogen-bond donors (Lipinski definition) is 3. The summed E-state index contributed by atoms with van der Waals surface area (Å²) in [5.74, 6) is -2.87. The van der Waals surface area contributed by atoms with Crippen molar-refractivity contribution in [3.63, 3.8) is 0 Å². The molecule has 3 unspecified atom stereocenters. The predicted octanol–water partition coefficient (Wildman–Crippen LogP) is 3.31. The molecule has 14 nitrogen and oxygen atoms in total. The van der Waals surface area contributed by atoms with Crippen LogP contribution in [-0.4, -0.2) is 87.0 Å². The quantitative estimate of drug-likeness (QED) is 0.112. The van der Waals surface area contributed by atoms with Crippen LogP contribution >= 0.6 is 7.75 Å². The maximum atomic E-state index is 13.4. The van der Waals surface area contributed by atoms with Crippen LogP contribution < -0.4 is 5.09 Å². The van der Waals surface area contributed by atoms with Crippen LogP contribution in [0.1, 0.15) is 41.5 Å². The van der Waals surface area contributed by atoms with Crippen molar-refractivity contribution in [2.75, 3.05) is 46.7 Å². The van der Waals surface area contributed by atoms with Crippen LogP contribution in [0.4, 0.5) is 9.59 Å². The molecule has 0 aromatic rings. The van der Waals surface area contributed by atoms with Gasteiger partial charge in [0.25, 0.3) is 0 Å². The largest absolute Gasteiger partial charge is 0.508 e. The second kappa shape index (κ2) is 17.0. The van der Waals surface area contributed by atoms with Crippen LogP contribution in [0.15, 0.2) is 0 Å². The highest BCUT2D eigenvalue weighted by molar-refractivity contribution is 7.52. The second-order valence-electron chi connectivity index (χ2n) is 8.39. The SMILES string of the molecule is CCOC(=O)OCC(C)COP(=O)(NC(=N)N(C)C(C(=O)O)C(C)C)OCC(C)COC(=O)OCC. The Morgan fingerprint density at radius 1 is 0.861 bits per heavy atom. The molecule has 0 aliphatic rings. The summed E-state index contributed by atoms with van der Waals surface area (Å²) in [5, 5.41) is 20.1. The first-order valence-electron chi connectivity index (χ1n) is 11.6. The maximum absolute atomic E-state index is 13.4. The fourth-order valence-electron chi connectivity index (χ4n) is 2.63. The van der Waals surface area contributed by atoms with Crippen molar-refractivity contribution in [1.82, 2.24) is 9.99 Å². The summed E-state index contributed by atoms with van der Waals surface area (Å²) in [6, 6.07) is -1.08. The van der Waals surface area contributed by atoms with Crippen molar-refractivity contribution >= 4 is 32.0 Å². The van der Waals surface area contributed by atoms with Crippen molar-refractivity contribution in [3.05, 3.63) is 0 Å². The van der Waals surface area contributed by atoms with Crippen LogP contribution in [0.5, 0.6) is 0 Å². The minimum Gasteiger partial charge on any atom is -0.480 e. The van der Waals surface area contributed by atoms with Gasteiger partial charge in [-0.2, -0.15) is 0 Å². The van der Waals surface area contributed by atoms with Gasteiger partial charge in [-0.1, -0.05) is 27.7 Å². The zero-order valence-corrected chi connectivity index (χ0v) is 22.9. The van der Waals surface area contributed by atoms with E-state index >= 15 is 0 Å². The van der Waals surface area contributed by atoms with E-state index in [4.69, 9.17) is 23.9 Å². The zero-order chi connectivity index (χ0) is 27.9. The number of rotatable bonds is 16. The number of nitrogens with zero attached hydrogens (tertiary/aromatic N) is 1. The van der Waals surface area contributed by atoms with E-state index in [-0.39, 0.29) is 45.6 Å². The number of guanidine groups is 1. The van der Waals surface area contributed by atoms with E-state index in [0.717, 1.165) is 4.90 Å². The molecule has 0 aliphatic carbocycles. The van der Waals surface area contributed by atoms with E-state index in [2.05, 4.69) is 14.6 Å². The first-order chi connectivity index (χ1) is 16.8. The van der Waals surface area contributed by atoms with E-state index in [1.54, 1.807) is 41.5 Å². The van der Waals surface area contributed by atoms with E-state index < -0.39 is 49.9 Å². The molecule has 3 atom stereocenters. The summed E-state index contributed by atoms with van der Waals surface area (Å²) in [6.45, 7) is 9.67. The first kappa shape index (κ1) is 33.4. The maximum Gasteiger partial charge on any atom is 0.508 e. The smallest absolute Gasteiger partial charge is 0.480 e. The van der Waals surface area contributed by atoms with Gasteiger partial charge in [-0.15, -0.1) is 0 Å². The van der Waals surface area contributed by atoms with Gasteiger partial charge in [0.15, 0.2) is 0 Å². The van der Waals surface area contributed by atoms with Gasteiger partial charge in [0.1, 0.15) is 6.04 Å². The molecule has 0 saturated heterocycles. The fraction of sp³-hybridized carbons (Fsp3) is 0.810. The summed E-state index contributed by atoms with van der Waals surface area (Å²) in [4.78, 5) is 35.5. The molecule has 210 valence electrons. The lowest BCUT2D eigenvalue weighted by Gasteiger charge is -2.31. The van der Waals surface area contributed by atoms with Gasteiger partial charge >= 0.3 is 26.0 Å². The van der Waals surface area contributed by atoms with Crippen molar-refractivity contribution in [1.29, 1.82) is 5.41 Å². The lowest BCUT2D eigenvalue weighted by Crippen LogP contribution is -2.49. The van der Waals surface area contributed by atoms with Crippen LogP contribution in [-0.2, 0) is 37.4 Å². The van der Waals surface area contributed by atoms with E-state index in [1.807, 2.05) is 0 Å². The van der Waals surface area contributed by atoms with Gasteiger partial charge < -0.3 is 29.0 Å². The summed E-state index contributed by atoms with van der Waals surface area (Å²) < 4.78 is 43.6. The second-order valence-corrected chi connectivity index (χ2v) is 10.1. The lowest BCUT2D eigenvalue weighted by atomic mass is 10.0. The molecule has 0 spiro atoms. The van der Waals surface area contributed by atoms with Gasteiger partial charge in [-0.3, -0.25) is 19.5 Å². The Hall–Kier alpha value is -2.57. The minimum atomic E-state index is -4.21. The third-order valence-electron chi connectivity index (χ3n) is 4.45. The number of carboxylic acids is 1. The first-order valence-corrected chi connectivity index (χ1v) is 13.1. The number of carboxylic acid groups (broad SMARTS) is 1. The van der Waals surface area contributed by atoms with Crippen molar-refractivity contribution in [2.45, 2.75) is 47.6 Å². The summed E-state index contributed by atoms with van der Waals surface area (Å²) in [5.41, 5.74) is 0. The molecular formula is C21H40N3O11P.